The van der Waals surface area contributed by atoms with Gasteiger partial charge in [0.1, 0.15) is 24.4 Å². The van der Waals surface area contributed by atoms with Gasteiger partial charge in [-0.3, -0.25) is 19.2 Å². The Labute approximate surface area is 223 Å². The van der Waals surface area contributed by atoms with Gasteiger partial charge in [0.25, 0.3) is 0 Å². The highest BCUT2D eigenvalue weighted by Crippen LogP contribution is 2.73. The molecule has 38 heavy (non-hydrogen) atoms. The Balaban J connectivity index is 2.09. The molecule has 0 amide bonds. The van der Waals surface area contributed by atoms with E-state index in [1.165, 1.54) is 27.7 Å². The first-order valence-electron chi connectivity index (χ1n) is 13.2. The number of carbonyl (C=O) groups is 4. The van der Waals surface area contributed by atoms with Crippen LogP contribution in [0.4, 0.5) is 0 Å². The van der Waals surface area contributed by atoms with Gasteiger partial charge in [0.2, 0.25) is 0 Å². The summed E-state index contributed by atoms with van der Waals surface area (Å²) >= 11 is 0. The van der Waals surface area contributed by atoms with Gasteiger partial charge >= 0.3 is 23.9 Å². The summed E-state index contributed by atoms with van der Waals surface area (Å²) in [6, 6.07) is 0. The number of carbonyl (C=O) groups excluding carboxylic acids is 4. The van der Waals surface area contributed by atoms with Crippen molar-refractivity contribution >= 4 is 23.9 Å². The second kappa shape index (κ2) is 9.33. The van der Waals surface area contributed by atoms with Crippen LogP contribution in [0.15, 0.2) is 12.2 Å². The fourth-order valence-corrected chi connectivity index (χ4v) is 8.94. The normalized spacial score (nSPS) is 44.8. The number of aliphatic hydroxyl groups excluding tert-OH is 2. The molecule has 0 saturated heterocycles. The van der Waals surface area contributed by atoms with Crippen LogP contribution < -0.4 is 0 Å². The van der Waals surface area contributed by atoms with Crippen LogP contribution in [0.25, 0.3) is 0 Å². The van der Waals surface area contributed by atoms with Gasteiger partial charge in [-0.25, -0.2) is 0 Å². The van der Waals surface area contributed by atoms with E-state index in [-0.39, 0.29) is 12.3 Å². The Morgan fingerprint density at radius 3 is 1.87 bits per heavy atom. The predicted octanol–water partition coefficient (Wildman–Crippen LogP) is 2.08. The van der Waals surface area contributed by atoms with Gasteiger partial charge in [-0.05, 0) is 29.7 Å². The van der Waals surface area contributed by atoms with Crippen molar-refractivity contribution < 1.29 is 48.3 Å². The first-order chi connectivity index (χ1) is 17.5. The lowest BCUT2D eigenvalue weighted by molar-refractivity contribution is -0.324. The van der Waals surface area contributed by atoms with Crippen molar-refractivity contribution in [2.45, 2.75) is 104 Å². The number of ether oxygens (including phenoxy) is 4. The number of fused-ring (bicyclic) bond motifs is 3. The Hall–Kier alpha value is -2.46. The molecule has 0 unspecified atom stereocenters. The van der Waals surface area contributed by atoms with E-state index < -0.39 is 88.6 Å². The SMILES string of the molecule is C=C1[C@H]2C[C@H](OC(C)=O)[C@H]3[C@@]4(C)[C@H]([C@@H](OC(C)=O)[C@H](OC(C)=O)[C@@]3(C2)[C@@H]1OC(C)=O)C(C)(C)[C@@H](O)C[C@@H]4O. The zero-order valence-electron chi connectivity index (χ0n) is 23.2. The molecule has 4 rings (SSSR count). The number of esters is 4. The summed E-state index contributed by atoms with van der Waals surface area (Å²) in [5.41, 5.74) is -2.65. The zero-order chi connectivity index (χ0) is 28.5. The second-order valence-electron chi connectivity index (χ2n) is 12.5. The van der Waals surface area contributed by atoms with Gasteiger partial charge < -0.3 is 29.2 Å². The first-order valence-corrected chi connectivity index (χ1v) is 13.2. The van der Waals surface area contributed by atoms with Gasteiger partial charge in [-0.1, -0.05) is 27.4 Å². The highest BCUT2D eigenvalue weighted by Gasteiger charge is 2.80. The predicted molar refractivity (Wildman–Crippen MR) is 132 cm³/mol. The highest BCUT2D eigenvalue weighted by atomic mass is 16.6. The molecule has 0 aromatic heterocycles. The minimum atomic E-state index is -1.22. The Morgan fingerprint density at radius 1 is 0.789 bits per heavy atom. The molecule has 4 aliphatic carbocycles. The summed E-state index contributed by atoms with van der Waals surface area (Å²) in [6.07, 6.45) is -5.21. The van der Waals surface area contributed by atoms with Crippen LogP contribution in [-0.2, 0) is 38.1 Å². The monoisotopic (exact) mass is 536 g/mol. The lowest BCUT2D eigenvalue weighted by atomic mass is 9.37. The summed E-state index contributed by atoms with van der Waals surface area (Å²) < 4.78 is 23.8. The number of hydrogen-bond donors (Lipinski definition) is 2. The molecule has 4 saturated carbocycles. The molecule has 2 N–H and O–H groups in total. The van der Waals surface area contributed by atoms with Crippen molar-refractivity contribution in [3.05, 3.63) is 12.2 Å². The average Bonchev–Trinajstić information content (AvgIpc) is 2.96. The molecule has 0 aromatic rings. The van der Waals surface area contributed by atoms with Crippen molar-refractivity contribution in [3.63, 3.8) is 0 Å². The van der Waals surface area contributed by atoms with E-state index in [0.29, 0.717) is 18.4 Å². The Kier molecular flexibility index (Phi) is 7.01. The molecule has 0 aliphatic heterocycles. The summed E-state index contributed by atoms with van der Waals surface area (Å²) in [5.74, 6) is -4.00. The maximum Gasteiger partial charge on any atom is 0.303 e. The summed E-state index contributed by atoms with van der Waals surface area (Å²) in [5, 5.41) is 22.9. The van der Waals surface area contributed by atoms with E-state index >= 15 is 0 Å². The first kappa shape index (κ1) is 28.5. The van der Waals surface area contributed by atoms with Gasteiger partial charge in [-0.15, -0.1) is 0 Å². The highest BCUT2D eigenvalue weighted by molar-refractivity contribution is 5.69. The molecule has 0 heterocycles. The Bertz CT molecular complexity index is 1050. The molecule has 10 nitrogen and oxygen atoms in total. The third-order valence-electron chi connectivity index (χ3n) is 9.93. The molecule has 212 valence electrons. The largest absolute Gasteiger partial charge is 0.462 e. The van der Waals surface area contributed by atoms with Crippen molar-refractivity contribution in [1.82, 2.24) is 0 Å². The number of aliphatic hydroxyl groups is 2. The lowest BCUT2D eigenvalue weighted by Gasteiger charge is -2.70. The second-order valence-corrected chi connectivity index (χ2v) is 12.5. The molecular formula is C28H40O10. The van der Waals surface area contributed by atoms with Crippen LogP contribution in [0.2, 0.25) is 0 Å². The van der Waals surface area contributed by atoms with Crippen molar-refractivity contribution in [1.29, 1.82) is 0 Å². The molecule has 0 radical (unpaired) electrons. The lowest BCUT2D eigenvalue weighted by Crippen LogP contribution is -2.77. The van der Waals surface area contributed by atoms with E-state index in [1.54, 1.807) is 0 Å². The molecule has 4 fully saturated rings. The van der Waals surface area contributed by atoms with E-state index in [4.69, 9.17) is 18.9 Å². The number of rotatable bonds is 4. The van der Waals surface area contributed by atoms with E-state index in [9.17, 15) is 29.4 Å². The molecule has 10 heteroatoms. The third kappa shape index (κ3) is 3.97. The summed E-state index contributed by atoms with van der Waals surface area (Å²) in [7, 11) is 0. The standard InChI is InChI=1S/C28H40O10/c1-12-17-9-18(35-13(2)29)22-27(8)20(34)10-19(33)26(6,7)23(27)21(36-14(3)30)25(38-16(5)32)28(22,11-17)24(12)37-15(4)31/h17-25,33-34H,1,9-11H2,2-8H3/t17-,18-,19-,20-,21+,22-,23+,24+,25-,27-,28+/m0/s1. The molecule has 0 aromatic carbocycles. The minimum Gasteiger partial charge on any atom is -0.462 e. The fraction of sp³-hybridized carbons (Fsp3) is 0.786. The van der Waals surface area contributed by atoms with Gasteiger partial charge in [0.15, 0.2) is 0 Å². The maximum atomic E-state index is 12.6. The van der Waals surface area contributed by atoms with Gasteiger partial charge in [0.05, 0.1) is 17.6 Å². The van der Waals surface area contributed by atoms with Crippen molar-refractivity contribution in [2.24, 2.45) is 34.0 Å². The molecule has 11 atom stereocenters. The fourth-order valence-electron chi connectivity index (χ4n) is 8.94. The van der Waals surface area contributed by atoms with Crippen LogP contribution in [0.1, 0.15) is 67.7 Å². The van der Waals surface area contributed by atoms with Crippen molar-refractivity contribution in [2.75, 3.05) is 0 Å². The summed E-state index contributed by atoms with van der Waals surface area (Å²) in [6.45, 7) is 14.8. The van der Waals surface area contributed by atoms with Gasteiger partial charge in [-0.2, -0.15) is 0 Å². The molecular weight excluding hydrogens is 496 g/mol. The van der Waals surface area contributed by atoms with E-state index in [2.05, 4.69) is 6.58 Å². The molecule has 4 aliphatic rings. The maximum absolute atomic E-state index is 12.6. The van der Waals surface area contributed by atoms with Crippen molar-refractivity contribution in [3.8, 4) is 0 Å². The summed E-state index contributed by atoms with van der Waals surface area (Å²) in [4.78, 5) is 49.9. The van der Waals surface area contributed by atoms with Crippen LogP contribution in [0.3, 0.4) is 0 Å². The molecule has 2 bridgehead atoms. The van der Waals surface area contributed by atoms with Crippen LogP contribution in [-0.4, -0.2) is 70.7 Å². The van der Waals surface area contributed by atoms with Crippen LogP contribution in [0.5, 0.6) is 0 Å². The van der Waals surface area contributed by atoms with E-state index in [0.717, 1.165) is 0 Å². The average molecular weight is 537 g/mol. The quantitative estimate of drug-likeness (QED) is 0.311. The minimum absolute atomic E-state index is 0.0347. The van der Waals surface area contributed by atoms with E-state index in [1.807, 2.05) is 20.8 Å². The van der Waals surface area contributed by atoms with Crippen LogP contribution in [0, 0.1) is 34.0 Å². The Morgan fingerprint density at radius 2 is 1.34 bits per heavy atom. The topological polar surface area (TPSA) is 146 Å². The van der Waals surface area contributed by atoms with Gasteiger partial charge in [0, 0.05) is 51.4 Å². The number of hydrogen-bond acceptors (Lipinski definition) is 10. The third-order valence-corrected chi connectivity index (χ3v) is 9.93. The smallest absolute Gasteiger partial charge is 0.303 e. The van der Waals surface area contributed by atoms with Crippen LogP contribution >= 0.6 is 0 Å². The zero-order valence-corrected chi connectivity index (χ0v) is 23.2. The molecule has 1 spiro atoms.